The smallest absolute Gasteiger partial charge is 0.416 e. The number of hydrogen-bond donors (Lipinski definition) is 1. The maximum absolute atomic E-state index is 14.1. The second kappa shape index (κ2) is 11.1. The number of nitrogens with zero attached hydrogens (tertiary/aromatic N) is 2. The first-order valence-electron chi connectivity index (χ1n) is 13.9. The Hall–Kier alpha value is -3.47. The summed E-state index contributed by atoms with van der Waals surface area (Å²) in [6, 6.07) is 7.96. The minimum absolute atomic E-state index is 0.0242. The highest BCUT2D eigenvalue weighted by Gasteiger charge is 2.38. The largest absolute Gasteiger partial charge is 0.492 e. The molecule has 2 heterocycles. The van der Waals surface area contributed by atoms with E-state index in [0.29, 0.717) is 56.1 Å². The van der Waals surface area contributed by atoms with Crippen LogP contribution in [0.4, 0.5) is 18.0 Å². The molecular formula is C30H35F3N2O6. The second-order valence-electron chi connectivity index (χ2n) is 11.9. The molecule has 11 heteroatoms. The molecule has 1 saturated heterocycles. The van der Waals surface area contributed by atoms with Gasteiger partial charge in [0.15, 0.2) is 0 Å². The zero-order chi connectivity index (χ0) is 29.5. The zero-order valence-electron chi connectivity index (χ0n) is 23.4. The van der Waals surface area contributed by atoms with E-state index in [9.17, 15) is 22.8 Å². The minimum Gasteiger partial charge on any atom is -0.492 e. The van der Waals surface area contributed by atoms with E-state index in [2.05, 4.69) is 0 Å². The summed E-state index contributed by atoms with van der Waals surface area (Å²) in [5.74, 6) is -0.0192. The third-order valence-corrected chi connectivity index (χ3v) is 7.75. The number of carboxylic acids is 1. The van der Waals surface area contributed by atoms with Crippen molar-refractivity contribution in [2.24, 2.45) is 0 Å². The molecule has 3 aliphatic rings. The third kappa shape index (κ3) is 6.55. The number of ether oxygens (including phenoxy) is 3. The summed E-state index contributed by atoms with van der Waals surface area (Å²) in [5, 5.41) is 9.13. The number of rotatable bonds is 6. The van der Waals surface area contributed by atoms with E-state index in [1.54, 1.807) is 43.9 Å². The van der Waals surface area contributed by atoms with Crippen LogP contribution in [0.25, 0.3) is 0 Å². The van der Waals surface area contributed by atoms with Crippen LogP contribution in [0, 0.1) is 0 Å². The van der Waals surface area contributed by atoms with E-state index >= 15 is 0 Å². The number of alkyl halides is 3. The van der Waals surface area contributed by atoms with E-state index in [1.165, 1.54) is 6.07 Å². The van der Waals surface area contributed by atoms with Gasteiger partial charge in [-0.1, -0.05) is 12.1 Å². The van der Waals surface area contributed by atoms with Gasteiger partial charge in [0, 0.05) is 50.3 Å². The van der Waals surface area contributed by atoms with Gasteiger partial charge in [-0.05, 0) is 62.4 Å². The van der Waals surface area contributed by atoms with Gasteiger partial charge in [0.1, 0.15) is 23.2 Å². The van der Waals surface area contributed by atoms with Crippen LogP contribution in [-0.4, -0.2) is 65.4 Å². The first kappa shape index (κ1) is 29.0. The van der Waals surface area contributed by atoms with Gasteiger partial charge < -0.3 is 24.2 Å². The van der Waals surface area contributed by atoms with Crippen LogP contribution in [0.2, 0.25) is 0 Å². The van der Waals surface area contributed by atoms with E-state index in [4.69, 9.17) is 19.3 Å². The fourth-order valence-electron chi connectivity index (χ4n) is 5.82. The summed E-state index contributed by atoms with van der Waals surface area (Å²) in [6.07, 6.45) is -4.35. The average molecular weight is 577 g/mol. The molecule has 1 amide bonds. The Kier molecular flexibility index (Phi) is 7.84. The number of piperazine rings is 1. The number of hydrogen-bond acceptors (Lipinski definition) is 6. The number of halogens is 3. The quantitative estimate of drug-likeness (QED) is 0.467. The SMILES string of the molecule is CC(C)(C)OC(=O)N1CCN(Cc2c(C(F)(F)F)ccc3c2CC[C@H]3Oc2ccc3c(c2)OCC3CC(=O)O)CC1. The molecule has 0 radical (unpaired) electrons. The van der Waals surface area contributed by atoms with Crippen LogP contribution in [0.1, 0.15) is 73.5 Å². The van der Waals surface area contributed by atoms with Crippen molar-refractivity contribution in [3.63, 3.8) is 0 Å². The number of fused-ring (bicyclic) bond motifs is 2. The fourth-order valence-corrected chi connectivity index (χ4v) is 5.82. The average Bonchev–Trinajstić information content (AvgIpc) is 3.46. The molecule has 8 nitrogen and oxygen atoms in total. The lowest BCUT2D eigenvalue weighted by molar-refractivity contribution is -0.139. The number of carbonyl (C=O) groups excluding carboxylic acids is 1. The van der Waals surface area contributed by atoms with Crippen LogP contribution >= 0.6 is 0 Å². The molecule has 2 aromatic rings. The summed E-state index contributed by atoms with van der Waals surface area (Å²) in [4.78, 5) is 27.1. The molecule has 2 aromatic carbocycles. The summed E-state index contributed by atoms with van der Waals surface area (Å²) < 4.78 is 59.7. The maximum atomic E-state index is 14.1. The molecule has 5 rings (SSSR count). The molecular weight excluding hydrogens is 541 g/mol. The summed E-state index contributed by atoms with van der Waals surface area (Å²) in [5.41, 5.74) is 1.23. The van der Waals surface area contributed by atoms with Crippen LogP contribution in [0.15, 0.2) is 30.3 Å². The van der Waals surface area contributed by atoms with Crippen molar-refractivity contribution in [3.8, 4) is 11.5 Å². The number of carboxylic acid groups (broad SMARTS) is 1. The third-order valence-electron chi connectivity index (χ3n) is 7.75. The lowest BCUT2D eigenvalue weighted by atomic mass is 9.96. The molecule has 0 saturated carbocycles. The molecule has 0 aromatic heterocycles. The molecule has 1 unspecified atom stereocenters. The van der Waals surface area contributed by atoms with Gasteiger partial charge in [-0.3, -0.25) is 9.69 Å². The predicted octanol–water partition coefficient (Wildman–Crippen LogP) is 5.78. The van der Waals surface area contributed by atoms with Crippen molar-refractivity contribution < 1.29 is 42.1 Å². The van der Waals surface area contributed by atoms with Gasteiger partial charge in [0.2, 0.25) is 0 Å². The number of benzene rings is 2. The zero-order valence-corrected chi connectivity index (χ0v) is 23.4. The Morgan fingerprint density at radius 2 is 1.76 bits per heavy atom. The second-order valence-corrected chi connectivity index (χ2v) is 11.9. The maximum Gasteiger partial charge on any atom is 0.416 e. The van der Waals surface area contributed by atoms with Crippen LogP contribution in [0.5, 0.6) is 11.5 Å². The minimum atomic E-state index is -4.49. The van der Waals surface area contributed by atoms with E-state index in [0.717, 1.165) is 17.2 Å². The Morgan fingerprint density at radius 1 is 1.05 bits per heavy atom. The summed E-state index contributed by atoms with van der Waals surface area (Å²) in [7, 11) is 0. The highest BCUT2D eigenvalue weighted by atomic mass is 19.4. The lowest BCUT2D eigenvalue weighted by Crippen LogP contribution is -2.49. The molecule has 2 aliphatic heterocycles. The Morgan fingerprint density at radius 3 is 2.41 bits per heavy atom. The van der Waals surface area contributed by atoms with Gasteiger partial charge in [0.25, 0.3) is 0 Å². The van der Waals surface area contributed by atoms with Crippen LogP contribution in [-0.2, 0) is 28.7 Å². The van der Waals surface area contributed by atoms with Crippen molar-refractivity contribution in [1.29, 1.82) is 0 Å². The normalized spacial score (nSPS) is 20.8. The number of aliphatic carboxylic acids is 1. The predicted molar refractivity (Wildman–Crippen MR) is 143 cm³/mol. The monoisotopic (exact) mass is 576 g/mol. The lowest BCUT2D eigenvalue weighted by Gasteiger charge is -2.36. The van der Waals surface area contributed by atoms with E-state index in [1.807, 2.05) is 4.90 Å². The van der Waals surface area contributed by atoms with Crippen molar-refractivity contribution in [2.45, 2.75) is 70.4 Å². The molecule has 1 fully saturated rings. The fraction of sp³-hybridized carbons (Fsp3) is 0.533. The molecule has 222 valence electrons. The van der Waals surface area contributed by atoms with Gasteiger partial charge in [-0.15, -0.1) is 0 Å². The number of carbonyl (C=O) groups is 2. The van der Waals surface area contributed by atoms with Gasteiger partial charge in [0.05, 0.1) is 18.6 Å². The molecule has 2 atom stereocenters. The van der Waals surface area contributed by atoms with Gasteiger partial charge in [-0.2, -0.15) is 13.2 Å². The Bertz CT molecular complexity index is 1310. The van der Waals surface area contributed by atoms with Crippen molar-refractivity contribution >= 4 is 12.1 Å². The molecule has 1 N–H and O–H groups in total. The summed E-state index contributed by atoms with van der Waals surface area (Å²) in [6.45, 7) is 7.44. The Labute approximate surface area is 237 Å². The van der Waals surface area contributed by atoms with Crippen molar-refractivity contribution in [2.75, 3.05) is 32.8 Å². The topological polar surface area (TPSA) is 88.5 Å². The van der Waals surface area contributed by atoms with Crippen molar-refractivity contribution in [1.82, 2.24) is 9.80 Å². The van der Waals surface area contributed by atoms with Crippen molar-refractivity contribution in [3.05, 3.63) is 58.1 Å². The molecule has 0 bridgehead atoms. The van der Waals surface area contributed by atoms with Crippen LogP contribution in [0.3, 0.4) is 0 Å². The molecule has 41 heavy (non-hydrogen) atoms. The van der Waals surface area contributed by atoms with E-state index < -0.39 is 35.5 Å². The standard InChI is InChI=1S/C30H35F3N2O6/c1-29(2,3)41-28(38)35-12-10-34(11-13-35)16-23-21-7-9-25(22(21)6-8-24(23)30(31,32)33)40-19-4-5-20-18(14-27(36)37)17-39-26(20)15-19/h4-6,8,15,18,25H,7,9-14,16-17H2,1-3H3,(H,36,37)/t18?,25-/m1/s1. The van der Waals surface area contributed by atoms with Gasteiger partial charge >= 0.3 is 18.2 Å². The highest BCUT2D eigenvalue weighted by molar-refractivity contribution is 5.69. The Balaban J connectivity index is 1.31. The van der Waals surface area contributed by atoms with E-state index in [-0.39, 0.29) is 31.1 Å². The highest BCUT2D eigenvalue weighted by Crippen LogP contribution is 2.44. The van der Waals surface area contributed by atoms with Crippen LogP contribution < -0.4 is 9.47 Å². The van der Waals surface area contributed by atoms with Gasteiger partial charge in [-0.25, -0.2) is 4.79 Å². The molecule has 0 spiro atoms. The first-order chi connectivity index (χ1) is 19.3. The number of amides is 1. The summed E-state index contributed by atoms with van der Waals surface area (Å²) >= 11 is 0. The first-order valence-corrected chi connectivity index (χ1v) is 13.9. The molecule has 1 aliphatic carbocycles.